The highest BCUT2D eigenvalue weighted by Crippen LogP contribution is 2.15. The topological polar surface area (TPSA) is 54.5 Å². The molecule has 94 valence electrons. The normalized spacial score (nSPS) is 11.6. The molecule has 0 spiro atoms. The van der Waals surface area contributed by atoms with E-state index < -0.39 is 0 Å². The molecule has 0 aliphatic rings. The van der Waals surface area contributed by atoms with Crippen LogP contribution in [0.15, 0.2) is 40.8 Å². The van der Waals surface area contributed by atoms with E-state index in [2.05, 4.69) is 9.98 Å². The number of aromatic nitrogens is 1. The van der Waals surface area contributed by atoms with Crippen molar-refractivity contribution in [2.75, 3.05) is 7.05 Å². The molecule has 18 heavy (non-hydrogen) atoms. The van der Waals surface area contributed by atoms with Crippen molar-refractivity contribution < 1.29 is 0 Å². The van der Waals surface area contributed by atoms with Gasteiger partial charge in [0, 0.05) is 11.9 Å². The Morgan fingerprint density at radius 2 is 2.11 bits per heavy atom. The molecule has 0 radical (unpaired) electrons. The number of guanidine groups is 1. The van der Waals surface area contributed by atoms with E-state index in [1.54, 1.807) is 11.3 Å². The second kappa shape index (κ2) is 5.64. The number of aliphatic imine (C=N–C) groups is 1. The summed E-state index contributed by atoms with van der Waals surface area (Å²) in [5.41, 5.74) is 9.75. The van der Waals surface area contributed by atoms with Gasteiger partial charge in [-0.1, -0.05) is 18.2 Å². The van der Waals surface area contributed by atoms with E-state index in [4.69, 9.17) is 5.73 Å². The minimum atomic E-state index is 0.508. The lowest BCUT2D eigenvalue weighted by Crippen LogP contribution is -2.33. The zero-order valence-corrected chi connectivity index (χ0v) is 11.3. The van der Waals surface area contributed by atoms with Crippen molar-refractivity contribution in [2.45, 2.75) is 13.5 Å². The molecule has 2 aromatic rings. The van der Waals surface area contributed by atoms with Crippen molar-refractivity contribution in [3.63, 3.8) is 0 Å². The smallest absolute Gasteiger partial charge is 0.196 e. The highest BCUT2D eigenvalue weighted by molar-refractivity contribution is 7.09. The summed E-state index contributed by atoms with van der Waals surface area (Å²) in [6.07, 6.45) is 0. The molecule has 0 fully saturated rings. The van der Waals surface area contributed by atoms with E-state index in [1.165, 1.54) is 4.88 Å². The van der Waals surface area contributed by atoms with Gasteiger partial charge in [-0.15, -0.1) is 11.3 Å². The molecule has 5 heteroatoms. The fraction of sp³-hybridized carbons (Fsp3) is 0.231. The molecule has 0 saturated carbocycles. The summed E-state index contributed by atoms with van der Waals surface area (Å²) in [7, 11) is 1.93. The molecule has 0 aliphatic heterocycles. The van der Waals surface area contributed by atoms with E-state index in [1.807, 2.05) is 54.7 Å². The van der Waals surface area contributed by atoms with E-state index in [0.717, 1.165) is 17.9 Å². The van der Waals surface area contributed by atoms with Crippen LogP contribution < -0.4 is 5.73 Å². The van der Waals surface area contributed by atoms with Crippen molar-refractivity contribution in [1.29, 1.82) is 0 Å². The van der Waals surface area contributed by atoms with Gasteiger partial charge in [0.2, 0.25) is 0 Å². The van der Waals surface area contributed by atoms with Gasteiger partial charge < -0.3 is 10.6 Å². The lowest BCUT2D eigenvalue weighted by molar-refractivity contribution is 0.498. The summed E-state index contributed by atoms with van der Waals surface area (Å²) >= 11 is 1.64. The minimum absolute atomic E-state index is 0.508. The summed E-state index contributed by atoms with van der Waals surface area (Å²) in [6.45, 7) is 2.74. The first-order valence-corrected chi connectivity index (χ1v) is 6.54. The van der Waals surface area contributed by atoms with Crippen LogP contribution in [0.3, 0.4) is 0 Å². The van der Waals surface area contributed by atoms with Gasteiger partial charge in [-0.2, -0.15) is 0 Å². The quantitative estimate of drug-likeness (QED) is 0.681. The predicted octanol–water partition coefficient (Wildman–Crippen LogP) is 2.53. The number of thiazole rings is 1. The molecule has 2 N–H and O–H groups in total. The van der Waals surface area contributed by atoms with Gasteiger partial charge in [0.25, 0.3) is 0 Å². The van der Waals surface area contributed by atoms with Crippen LogP contribution in [0.1, 0.15) is 10.6 Å². The van der Waals surface area contributed by atoms with Gasteiger partial charge in [-0.3, -0.25) is 0 Å². The molecule has 1 aromatic carbocycles. The number of para-hydroxylation sites is 1. The lowest BCUT2D eigenvalue weighted by Gasteiger charge is -2.17. The lowest BCUT2D eigenvalue weighted by atomic mass is 10.3. The first-order chi connectivity index (χ1) is 8.66. The Hall–Kier alpha value is -1.88. The van der Waals surface area contributed by atoms with Crippen LogP contribution in [0.5, 0.6) is 0 Å². The molecule has 0 saturated heterocycles. The summed E-state index contributed by atoms with van der Waals surface area (Å²) < 4.78 is 0. The van der Waals surface area contributed by atoms with Crippen LogP contribution in [-0.4, -0.2) is 22.9 Å². The average molecular weight is 260 g/mol. The van der Waals surface area contributed by atoms with Crippen molar-refractivity contribution in [3.05, 3.63) is 46.4 Å². The average Bonchev–Trinajstić information content (AvgIpc) is 2.76. The van der Waals surface area contributed by atoms with Gasteiger partial charge in [-0.05, 0) is 19.1 Å². The van der Waals surface area contributed by atoms with Crippen molar-refractivity contribution in [2.24, 2.45) is 10.7 Å². The molecule has 2 rings (SSSR count). The summed E-state index contributed by atoms with van der Waals surface area (Å²) in [4.78, 5) is 11.7. The number of nitrogens with two attached hydrogens (primary N) is 1. The number of hydrogen-bond donors (Lipinski definition) is 1. The SMILES string of the molecule is Cc1ncsc1CN(C)C(N)=Nc1ccccc1. The van der Waals surface area contributed by atoms with Gasteiger partial charge in [0.1, 0.15) is 0 Å². The molecule has 0 unspecified atom stereocenters. The zero-order valence-electron chi connectivity index (χ0n) is 10.5. The monoisotopic (exact) mass is 260 g/mol. The zero-order chi connectivity index (χ0) is 13.0. The molecule has 0 amide bonds. The Balaban J connectivity index is 2.07. The third-order valence-corrected chi connectivity index (χ3v) is 3.54. The molecular formula is C13H16N4S. The summed E-state index contributed by atoms with van der Waals surface area (Å²) in [6, 6.07) is 9.70. The predicted molar refractivity (Wildman–Crippen MR) is 76.0 cm³/mol. The number of rotatable bonds is 3. The number of nitrogens with zero attached hydrogens (tertiary/aromatic N) is 3. The molecule has 0 atom stereocenters. The largest absolute Gasteiger partial charge is 0.369 e. The van der Waals surface area contributed by atoms with Gasteiger partial charge in [0.15, 0.2) is 5.96 Å². The van der Waals surface area contributed by atoms with Crippen LogP contribution in [0, 0.1) is 6.92 Å². The van der Waals surface area contributed by atoms with Crippen LogP contribution in [0.4, 0.5) is 5.69 Å². The molecule has 1 aromatic heterocycles. The van der Waals surface area contributed by atoms with Crippen LogP contribution in [0.2, 0.25) is 0 Å². The summed E-state index contributed by atoms with van der Waals surface area (Å²) in [5, 5.41) is 0. The van der Waals surface area contributed by atoms with Gasteiger partial charge in [-0.25, -0.2) is 9.98 Å². The summed E-state index contributed by atoms with van der Waals surface area (Å²) in [5.74, 6) is 0.508. The van der Waals surface area contributed by atoms with Crippen LogP contribution >= 0.6 is 11.3 Å². The number of aryl methyl sites for hydroxylation is 1. The van der Waals surface area contributed by atoms with Crippen LogP contribution in [0.25, 0.3) is 0 Å². The second-order valence-corrected chi connectivity index (χ2v) is 4.96. The Morgan fingerprint density at radius 3 is 2.72 bits per heavy atom. The highest BCUT2D eigenvalue weighted by Gasteiger charge is 2.07. The maximum Gasteiger partial charge on any atom is 0.196 e. The first-order valence-electron chi connectivity index (χ1n) is 5.66. The van der Waals surface area contributed by atoms with Crippen molar-refractivity contribution >= 4 is 23.0 Å². The van der Waals surface area contributed by atoms with E-state index >= 15 is 0 Å². The van der Waals surface area contributed by atoms with Crippen molar-refractivity contribution in [1.82, 2.24) is 9.88 Å². The molecule has 0 bridgehead atoms. The maximum atomic E-state index is 5.98. The van der Waals surface area contributed by atoms with E-state index in [-0.39, 0.29) is 0 Å². The van der Waals surface area contributed by atoms with Crippen LogP contribution in [-0.2, 0) is 6.54 Å². The standard InChI is InChI=1S/C13H16N4S/c1-10-12(18-9-15-10)8-17(2)13(14)16-11-6-4-3-5-7-11/h3-7,9H,8H2,1-2H3,(H2,14,16). The van der Waals surface area contributed by atoms with E-state index in [0.29, 0.717) is 5.96 Å². The fourth-order valence-electron chi connectivity index (χ4n) is 1.49. The Kier molecular flexibility index (Phi) is 3.94. The maximum absolute atomic E-state index is 5.98. The molecule has 4 nitrogen and oxygen atoms in total. The fourth-order valence-corrected chi connectivity index (χ4v) is 2.32. The third-order valence-electron chi connectivity index (χ3n) is 2.62. The highest BCUT2D eigenvalue weighted by atomic mass is 32.1. The molecular weight excluding hydrogens is 244 g/mol. The second-order valence-electron chi connectivity index (χ2n) is 4.02. The van der Waals surface area contributed by atoms with Gasteiger partial charge >= 0.3 is 0 Å². The number of hydrogen-bond acceptors (Lipinski definition) is 3. The van der Waals surface area contributed by atoms with Gasteiger partial charge in [0.05, 0.1) is 23.4 Å². The Labute approximate surface area is 111 Å². The number of benzene rings is 1. The Morgan fingerprint density at radius 1 is 1.39 bits per heavy atom. The third kappa shape index (κ3) is 3.07. The van der Waals surface area contributed by atoms with Crippen molar-refractivity contribution in [3.8, 4) is 0 Å². The van der Waals surface area contributed by atoms with E-state index in [9.17, 15) is 0 Å². The molecule has 1 heterocycles. The molecule has 0 aliphatic carbocycles. The first kappa shape index (κ1) is 12.6. The Bertz CT molecular complexity index is 533. The minimum Gasteiger partial charge on any atom is -0.369 e.